The number of nitrogens with two attached hydrogens (primary N) is 1. The van der Waals surface area contributed by atoms with Crippen LogP contribution in [0.1, 0.15) is 5.56 Å². The van der Waals surface area contributed by atoms with Gasteiger partial charge in [0.25, 0.3) is 0 Å². The van der Waals surface area contributed by atoms with Crippen LogP contribution in [0.3, 0.4) is 0 Å². The molecule has 0 saturated carbocycles. The lowest BCUT2D eigenvalue weighted by molar-refractivity contribution is 0.414. The molecule has 140 valence electrons. The monoisotopic (exact) mass is 439 g/mol. The number of nitrogens with one attached hydrogen (secondary N) is 1. The van der Waals surface area contributed by atoms with E-state index < -0.39 is 9.84 Å². The van der Waals surface area contributed by atoms with Crippen LogP contribution in [0.5, 0.6) is 5.75 Å². The Balaban J connectivity index is 1.77. The summed E-state index contributed by atoms with van der Waals surface area (Å²) in [5, 5.41) is 2.99. The van der Waals surface area contributed by atoms with Crippen LogP contribution in [0.4, 0.5) is 0 Å². The molecule has 2 rings (SSSR count). The summed E-state index contributed by atoms with van der Waals surface area (Å²) in [5.41, 5.74) is 6.93. The van der Waals surface area contributed by atoms with Crippen LogP contribution in [-0.2, 0) is 16.3 Å². The van der Waals surface area contributed by atoms with Gasteiger partial charge in [0.2, 0.25) is 0 Å². The van der Waals surface area contributed by atoms with Crippen molar-refractivity contribution in [3.63, 3.8) is 0 Å². The van der Waals surface area contributed by atoms with E-state index >= 15 is 0 Å². The SMILES string of the molecule is COc1ccc(CCNC(N)=NCCS(=O)(=O)c2ccc(Br)cc2)cc1. The van der Waals surface area contributed by atoms with E-state index in [1.807, 2.05) is 24.3 Å². The maximum Gasteiger partial charge on any atom is 0.188 e. The third kappa shape index (κ3) is 6.34. The number of guanidine groups is 1. The first kappa shape index (κ1) is 20.3. The number of nitrogens with zero attached hydrogens (tertiary/aromatic N) is 1. The molecule has 0 spiro atoms. The van der Waals surface area contributed by atoms with Crippen LogP contribution in [-0.4, -0.2) is 40.3 Å². The molecule has 0 unspecified atom stereocenters. The number of ether oxygens (including phenoxy) is 1. The van der Waals surface area contributed by atoms with Crippen LogP contribution in [0.25, 0.3) is 0 Å². The topological polar surface area (TPSA) is 93.8 Å². The maximum atomic E-state index is 12.2. The van der Waals surface area contributed by atoms with E-state index in [1.54, 1.807) is 31.4 Å². The Hall–Kier alpha value is -2.06. The van der Waals surface area contributed by atoms with Crippen molar-refractivity contribution in [1.29, 1.82) is 0 Å². The number of aliphatic imine (C=N–C) groups is 1. The van der Waals surface area contributed by atoms with E-state index in [1.165, 1.54) is 0 Å². The number of halogens is 1. The highest BCUT2D eigenvalue weighted by atomic mass is 79.9. The Morgan fingerprint density at radius 3 is 2.42 bits per heavy atom. The van der Waals surface area contributed by atoms with Crippen molar-refractivity contribution in [3.8, 4) is 5.75 Å². The average Bonchev–Trinajstić information content (AvgIpc) is 2.62. The highest BCUT2D eigenvalue weighted by Gasteiger charge is 2.13. The molecular formula is C18H22BrN3O3S. The number of benzene rings is 2. The van der Waals surface area contributed by atoms with Gasteiger partial charge in [0, 0.05) is 11.0 Å². The van der Waals surface area contributed by atoms with Gasteiger partial charge in [-0.15, -0.1) is 0 Å². The summed E-state index contributed by atoms with van der Waals surface area (Å²) in [4.78, 5) is 4.37. The molecule has 2 aromatic rings. The lowest BCUT2D eigenvalue weighted by atomic mass is 10.1. The van der Waals surface area contributed by atoms with Crippen LogP contribution in [0.2, 0.25) is 0 Å². The highest BCUT2D eigenvalue weighted by molar-refractivity contribution is 9.10. The largest absolute Gasteiger partial charge is 0.497 e. The van der Waals surface area contributed by atoms with E-state index in [2.05, 4.69) is 26.2 Å². The van der Waals surface area contributed by atoms with Crippen molar-refractivity contribution in [1.82, 2.24) is 5.32 Å². The molecule has 0 fully saturated rings. The summed E-state index contributed by atoms with van der Waals surface area (Å²) in [5.74, 6) is 0.967. The van der Waals surface area contributed by atoms with Gasteiger partial charge in [0.1, 0.15) is 5.75 Å². The van der Waals surface area contributed by atoms with E-state index in [-0.39, 0.29) is 23.2 Å². The minimum atomic E-state index is -3.37. The zero-order valence-electron chi connectivity index (χ0n) is 14.5. The fraction of sp³-hybridized carbons (Fsp3) is 0.278. The quantitative estimate of drug-likeness (QED) is 0.486. The lowest BCUT2D eigenvalue weighted by Crippen LogP contribution is -2.33. The fourth-order valence-electron chi connectivity index (χ4n) is 2.23. The van der Waals surface area contributed by atoms with Gasteiger partial charge in [0.05, 0.1) is 24.3 Å². The van der Waals surface area contributed by atoms with Crippen molar-refractivity contribution >= 4 is 31.7 Å². The van der Waals surface area contributed by atoms with Gasteiger partial charge in [-0.3, -0.25) is 4.99 Å². The molecule has 26 heavy (non-hydrogen) atoms. The molecule has 8 heteroatoms. The average molecular weight is 440 g/mol. The predicted octanol–water partition coefficient (Wildman–Crippen LogP) is 2.38. The second-order valence-electron chi connectivity index (χ2n) is 5.56. The number of rotatable bonds is 8. The zero-order chi connectivity index (χ0) is 19.0. The van der Waals surface area contributed by atoms with Crippen molar-refractivity contribution in [2.24, 2.45) is 10.7 Å². The minimum Gasteiger partial charge on any atom is -0.497 e. The summed E-state index contributed by atoms with van der Waals surface area (Å²) in [7, 11) is -1.74. The molecular weight excluding hydrogens is 418 g/mol. The molecule has 6 nitrogen and oxygen atoms in total. The molecule has 0 bridgehead atoms. The normalized spacial score (nSPS) is 12.0. The third-order valence-corrected chi connectivity index (χ3v) is 5.93. The van der Waals surface area contributed by atoms with Crippen molar-refractivity contribution in [2.75, 3.05) is 26.0 Å². The van der Waals surface area contributed by atoms with Crippen molar-refractivity contribution < 1.29 is 13.2 Å². The van der Waals surface area contributed by atoms with Gasteiger partial charge < -0.3 is 15.8 Å². The Morgan fingerprint density at radius 1 is 1.15 bits per heavy atom. The summed E-state index contributed by atoms with van der Waals surface area (Å²) in [6, 6.07) is 14.3. The Bertz CT molecular complexity index is 835. The van der Waals surface area contributed by atoms with Crippen molar-refractivity contribution in [2.45, 2.75) is 11.3 Å². The molecule has 0 aliphatic rings. The van der Waals surface area contributed by atoms with Gasteiger partial charge >= 0.3 is 0 Å². The first-order valence-corrected chi connectivity index (χ1v) is 10.5. The molecule has 0 heterocycles. The molecule has 0 radical (unpaired) electrons. The second-order valence-corrected chi connectivity index (χ2v) is 8.59. The Kier molecular flexibility index (Phi) is 7.47. The number of hydrogen-bond acceptors (Lipinski definition) is 4. The van der Waals surface area contributed by atoms with Gasteiger partial charge in [-0.05, 0) is 48.4 Å². The summed E-state index contributed by atoms with van der Waals surface area (Å²) in [6.07, 6.45) is 0.775. The molecule has 0 atom stereocenters. The van der Waals surface area contributed by atoms with Gasteiger partial charge in [-0.2, -0.15) is 0 Å². The summed E-state index contributed by atoms with van der Waals surface area (Å²) < 4.78 is 30.4. The smallest absolute Gasteiger partial charge is 0.188 e. The van der Waals surface area contributed by atoms with Crippen LogP contribution >= 0.6 is 15.9 Å². The van der Waals surface area contributed by atoms with Crippen LogP contribution in [0.15, 0.2) is 62.9 Å². The highest BCUT2D eigenvalue weighted by Crippen LogP contribution is 2.15. The number of methoxy groups -OCH3 is 1. The van der Waals surface area contributed by atoms with Gasteiger partial charge in [-0.25, -0.2) is 8.42 Å². The number of hydrogen-bond donors (Lipinski definition) is 2. The molecule has 0 aromatic heterocycles. The minimum absolute atomic E-state index is 0.0878. The lowest BCUT2D eigenvalue weighted by Gasteiger charge is -2.07. The molecule has 0 aliphatic carbocycles. The molecule has 3 N–H and O–H groups in total. The second kappa shape index (κ2) is 9.59. The first-order chi connectivity index (χ1) is 12.4. The van der Waals surface area contributed by atoms with Crippen molar-refractivity contribution in [3.05, 3.63) is 58.6 Å². The maximum absolute atomic E-state index is 12.2. The molecule has 0 aliphatic heterocycles. The van der Waals surface area contributed by atoms with Crippen LogP contribution in [0, 0.1) is 0 Å². The van der Waals surface area contributed by atoms with Crippen LogP contribution < -0.4 is 15.8 Å². The number of sulfone groups is 1. The third-order valence-electron chi connectivity index (χ3n) is 3.69. The first-order valence-electron chi connectivity index (χ1n) is 8.06. The molecule has 2 aromatic carbocycles. The van der Waals surface area contributed by atoms with E-state index in [0.717, 1.165) is 22.2 Å². The Labute approximate surface area is 162 Å². The molecule has 0 amide bonds. The summed E-state index contributed by atoms with van der Waals surface area (Å²) in [6.45, 7) is 0.723. The standard InChI is InChI=1S/C18H22BrN3O3S/c1-25-16-6-2-14(3-7-16)10-11-21-18(20)22-12-13-26(23,24)17-8-4-15(19)5-9-17/h2-9H,10-13H2,1H3,(H3,20,21,22). The molecule has 0 saturated heterocycles. The van der Waals surface area contributed by atoms with Gasteiger partial charge in [-0.1, -0.05) is 28.1 Å². The Morgan fingerprint density at radius 2 is 1.81 bits per heavy atom. The fourth-order valence-corrected chi connectivity index (χ4v) is 3.61. The van der Waals surface area contributed by atoms with Gasteiger partial charge in [0.15, 0.2) is 15.8 Å². The van der Waals surface area contributed by atoms with E-state index in [4.69, 9.17) is 10.5 Å². The van der Waals surface area contributed by atoms with E-state index in [0.29, 0.717) is 6.54 Å². The zero-order valence-corrected chi connectivity index (χ0v) is 16.9. The predicted molar refractivity (Wildman–Crippen MR) is 107 cm³/mol. The summed E-state index contributed by atoms with van der Waals surface area (Å²) >= 11 is 3.28. The van der Waals surface area contributed by atoms with E-state index in [9.17, 15) is 8.42 Å².